The molecule has 0 unspecified atom stereocenters. The molecule has 2 rings (SSSR count). The minimum absolute atomic E-state index is 0.399. The fourth-order valence-electron chi connectivity index (χ4n) is 2.45. The number of carbonyl (C=O) groups is 2. The first-order valence-electron chi connectivity index (χ1n) is 10.1. The zero-order chi connectivity index (χ0) is 23.2. The maximum Gasteiger partial charge on any atom is 0.514 e. The van der Waals surface area contributed by atoms with Crippen molar-refractivity contribution in [2.75, 3.05) is 11.9 Å². The lowest BCUT2D eigenvalue weighted by atomic mass is 10.1. The number of hydrogen-bond acceptors (Lipinski definition) is 5. The van der Waals surface area contributed by atoms with Gasteiger partial charge in [-0.3, -0.25) is 4.90 Å². The van der Waals surface area contributed by atoms with E-state index < -0.39 is 23.5 Å². The lowest BCUT2D eigenvalue weighted by Gasteiger charge is -2.24. The Morgan fingerprint density at radius 2 is 1.19 bits per heavy atom. The molecule has 0 aromatic heterocycles. The van der Waals surface area contributed by atoms with Gasteiger partial charge in [-0.2, -0.15) is 0 Å². The van der Waals surface area contributed by atoms with Crippen LogP contribution in [0.15, 0.2) is 48.5 Å². The van der Waals surface area contributed by atoms with E-state index in [2.05, 4.69) is 0 Å². The molecule has 0 aliphatic rings. The van der Waals surface area contributed by atoms with Crippen LogP contribution in [-0.4, -0.2) is 30.5 Å². The van der Waals surface area contributed by atoms with Gasteiger partial charge in [-0.1, -0.05) is 36.4 Å². The zero-order valence-electron chi connectivity index (χ0n) is 19.3. The van der Waals surface area contributed by atoms with Gasteiger partial charge in [0.05, 0.1) is 0 Å². The summed E-state index contributed by atoms with van der Waals surface area (Å²) in [6, 6.07) is 14.7. The van der Waals surface area contributed by atoms with E-state index in [-0.39, 0.29) is 0 Å². The molecule has 0 heterocycles. The summed E-state index contributed by atoms with van der Waals surface area (Å²) in [5.74, 6) is 0.418. The molecule has 31 heavy (non-hydrogen) atoms. The van der Waals surface area contributed by atoms with E-state index in [4.69, 9.17) is 14.2 Å². The van der Waals surface area contributed by atoms with E-state index >= 15 is 0 Å². The third kappa shape index (κ3) is 8.54. The predicted octanol–water partition coefficient (Wildman–Crippen LogP) is 6.54. The second-order valence-corrected chi connectivity index (χ2v) is 9.10. The van der Waals surface area contributed by atoms with E-state index in [1.165, 1.54) is 4.90 Å². The van der Waals surface area contributed by atoms with Crippen LogP contribution < -0.4 is 9.64 Å². The van der Waals surface area contributed by atoms with Crippen LogP contribution in [0.3, 0.4) is 0 Å². The molecule has 2 aromatic rings. The van der Waals surface area contributed by atoms with Crippen LogP contribution in [0.4, 0.5) is 15.3 Å². The van der Waals surface area contributed by atoms with Crippen molar-refractivity contribution in [3.05, 3.63) is 59.7 Å². The minimum Gasteiger partial charge on any atom is -0.443 e. The molecular formula is C25H31NO5. The van der Waals surface area contributed by atoms with Crippen molar-refractivity contribution in [1.29, 1.82) is 0 Å². The summed E-state index contributed by atoms with van der Waals surface area (Å²) >= 11 is 0. The highest BCUT2D eigenvalue weighted by atomic mass is 16.7. The van der Waals surface area contributed by atoms with Crippen LogP contribution in [0.25, 0.3) is 12.2 Å². The van der Waals surface area contributed by atoms with Crippen molar-refractivity contribution in [1.82, 2.24) is 0 Å². The van der Waals surface area contributed by atoms with E-state index in [9.17, 15) is 9.59 Å². The standard InChI is InChI=1S/C25H31NO5/c1-24(2,3)30-22(27)26(7)20-14-10-18(11-15-20)8-9-19-12-16-21(17-13-19)29-23(28)31-25(4,5)6/h8-17H,1-7H3/b9-8+. The topological polar surface area (TPSA) is 65.1 Å². The third-order valence-electron chi connectivity index (χ3n) is 3.89. The Labute approximate surface area is 184 Å². The summed E-state index contributed by atoms with van der Waals surface area (Å²) in [7, 11) is 1.68. The number of rotatable bonds is 4. The number of hydrogen-bond donors (Lipinski definition) is 0. The van der Waals surface area contributed by atoms with Gasteiger partial charge in [0.2, 0.25) is 0 Å². The zero-order valence-corrected chi connectivity index (χ0v) is 19.3. The molecule has 0 bridgehead atoms. The van der Waals surface area contributed by atoms with Crippen LogP contribution in [0.5, 0.6) is 5.75 Å². The summed E-state index contributed by atoms with van der Waals surface area (Å²) in [6.45, 7) is 10.9. The predicted molar refractivity (Wildman–Crippen MR) is 123 cm³/mol. The first-order chi connectivity index (χ1) is 14.3. The van der Waals surface area contributed by atoms with Crippen LogP contribution in [0, 0.1) is 0 Å². The lowest BCUT2D eigenvalue weighted by Crippen LogP contribution is -2.34. The number of ether oxygens (including phenoxy) is 3. The van der Waals surface area contributed by atoms with Crippen molar-refractivity contribution in [2.45, 2.75) is 52.7 Å². The smallest absolute Gasteiger partial charge is 0.443 e. The Bertz CT molecular complexity index is 916. The summed E-state index contributed by atoms with van der Waals surface area (Å²) < 4.78 is 15.7. The van der Waals surface area contributed by atoms with Gasteiger partial charge in [-0.05, 0) is 76.9 Å². The molecule has 0 spiro atoms. The van der Waals surface area contributed by atoms with E-state index in [1.807, 2.05) is 69.3 Å². The molecule has 6 nitrogen and oxygen atoms in total. The molecule has 0 radical (unpaired) electrons. The molecule has 6 heteroatoms. The second-order valence-electron chi connectivity index (χ2n) is 9.10. The molecule has 0 aliphatic heterocycles. The molecule has 0 saturated carbocycles. The van der Waals surface area contributed by atoms with Gasteiger partial charge in [0.15, 0.2) is 0 Å². The van der Waals surface area contributed by atoms with E-state index in [0.717, 1.165) is 16.8 Å². The Hall–Kier alpha value is -3.28. The normalized spacial score (nSPS) is 11.8. The Kier molecular flexibility index (Phi) is 7.50. The fourth-order valence-corrected chi connectivity index (χ4v) is 2.45. The van der Waals surface area contributed by atoms with Gasteiger partial charge in [-0.25, -0.2) is 9.59 Å². The van der Waals surface area contributed by atoms with Gasteiger partial charge in [0, 0.05) is 12.7 Å². The van der Waals surface area contributed by atoms with Gasteiger partial charge < -0.3 is 14.2 Å². The second kappa shape index (κ2) is 9.69. The molecule has 0 saturated heterocycles. The molecule has 1 amide bonds. The van der Waals surface area contributed by atoms with Crippen molar-refractivity contribution in [3.63, 3.8) is 0 Å². The molecule has 0 atom stereocenters. The third-order valence-corrected chi connectivity index (χ3v) is 3.89. The molecule has 2 aromatic carbocycles. The van der Waals surface area contributed by atoms with Crippen LogP contribution >= 0.6 is 0 Å². The fraction of sp³-hybridized carbons (Fsp3) is 0.360. The first kappa shape index (κ1) is 24.0. The van der Waals surface area contributed by atoms with Crippen LogP contribution in [-0.2, 0) is 9.47 Å². The number of benzene rings is 2. The lowest BCUT2D eigenvalue weighted by molar-refractivity contribution is 0.0206. The monoisotopic (exact) mass is 425 g/mol. The highest BCUT2D eigenvalue weighted by molar-refractivity contribution is 5.87. The van der Waals surface area contributed by atoms with Crippen molar-refractivity contribution >= 4 is 30.1 Å². The minimum atomic E-state index is -0.729. The summed E-state index contributed by atoms with van der Waals surface area (Å²) in [5.41, 5.74) is 1.54. The van der Waals surface area contributed by atoms with E-state index in [1.54, 1.807) is 40.0 Å². The number of anilines is 1. The Morgan fingerprint density at radius 3 is 1.65 bits per heavy atom. The number of carbonyl (C=O) groups excluding carboxylic acids is 2. The Balaban J connectivity index is 1.96. The molecule has 0 N–H and O–H groups in total. The molecular weight excluding hydrogens is 394 g/mol. The van der Waals surface area contributed by atoms with E-state index in [0.29, 0.717) is 5.75 Å². The van der Waals surface area contributed by atoms with Crippen LogP contribution in [0.2, 0.25) is 0 Å². The average Bonchev–Trinajstić information content (AvgIpc) is 2.64. The van der Waals surface area contributed by atoms with Crippen molar-refractivity contribution in [2.24, 2.45) is 0 Å². The largest absolute Gasteiger partial charge is 0.514 e. The molecule has 0 aliphatic carbocycles. The highest BCUT2D eigenvalue weighted by Gasteiger charge is 2.20. The number of amides is 1. The quantitative estimate of drug-likeness (QED) is 0.316. The van der Waals surface area contributed by atoms with Crippen molar-refractivity contribution in [3.8, 4) is 5.75 Å². The highest BCUT2D eigenvalue weighted by Crippen LogP contribution is 2.20. The summed E-state index contributed by atoms with van der Waals surface area (Å²) in [4.78, 5) is 25.4. The average molecular weight is 426 g/mol. The molecule has 0 fully saturated rings. The van der Waals surface area contributed by atoms with Gasteiger partial charge in [-0.15, -0.1) is 0 Å². The summed E-state index contributed by atoms with van der Waals surface area (Å²) in [6.07, 6.45) is 2.78. The maximum absolute atomic E-state index is 12.2. The van der Waals surface area contributed by atoms with Gasteiger partial charge >= 0.3 is 12.2 Å². The Morgan fingerprint density at radius 1 is 0.742 bits per heavy atom. The maximum atomic E-state index is 12.2. The SMILES string of the molecule is CN(C(=O)OC(C)(C)C)c1ccc(/C=C/c2ccc(OC(=O)OC(C)(C)C)cc2)cc1. The first-order valence-corrected chi connectivity index (χ1v) is 10.1. The van der Waals surface area contributed by atoms with Gasteiger partial charge in [0.25, 0.3) is 0 Å². The van der Waals surface area contributed by atoms with Crippen LogP contribution in [0.1, 0.15) is 52.7 Å². The van der Waals surface area contributed by atoms with Crippen molar-refractivity contribution < 1.29 is 23.8 Å². The number of nitrogens with zero attached hydrogens (tertiary/aromatic N) is 1. The summed E-state index contributed by atoms with van der Waals surface area (Å²) in [5, 5.41) is 0. The molecule has 166 valence electrons. The van der Waals surface area contributed by atoms with Gasteiger partial charge in [0.1, 0.15) is 17.0 Å².